The predicted molar refractivity (Wildman–Crippen MR) is 52.4 cm³/mol. The number of hydrogen-bond acceptors (Lipinski definition) is 3. The number of amidine groups is 1. The first-order chi connectivity index (χ1) is 5.79. The molecule has 0 saturated carbocycles. The van der Waals surface area contributed by atoms with Gasteiger partial charge in [-0.15, -0.1) is 0 Å². The minimum atomic E-state index is 0.218. The molecule has 1 aliphatic heterocycles. The molecule has 0 aromatic rings. The monoisotopic (exact) mass is 169 g/mol. The molecule has 0 saturated heterocycles. The molecule has 0 radical (unpaired) electrons. The molecule has 0 amide bonds. The highest BCUT2D eigenvalue weighted by Gasteiger charge is 2.03. The minimum absolute atomic E-state index is 0.218. The van der Waals surface area contributed by atoms with Gasteiger partial charge in [0, 0.05) is 25.6 Å². The topological polar surface area (TPSA) is 50.4 Å². The van der Waals surface area contributed by atoms with Crippen LogP contribution in [0.2, 0.25) is 0 Å². The van der Waals surface area contributed by atoms with Crippen LogP contribution in [0.25, 0.3) is 0 Å². The summed E-state index contributed by atoms with van der Waals surface area (Å²) in [5.74, 6) is 1.16. The molecule has 0 aromatic heterocycles. The van der Waals surface area contributed by atoms with Gasteiger partial charge in [-0.3, -0.25) is 4.99 Å². The Bertz CT molecular complexity index is 152. The first-order valence-corrected chi connectivity index (χ1v) is 4.82. The van der Waals surface area contributed by atoms with E-state index in [4.69, 9.17) is 5.73 Å². The maximum absolute atomic E-state index is 5.63. The molecule has 3 N–H and O–H groups in total. The average molecular weight is 169 g/mol. The predicted octanol–water partition coefficient (Wildman–Crippen LogP) is 0.896. The van der Waals surface area contributed by atoms with E-state index in [1.54, 1.807) is 0 Å². The summed E-state index contributed by atoms with van der Waals surface area (Å²) in [4.78, 5) is 4.45. The first kappa shape index (κ1) is 9.52. The van der Waals surface area contributed by atoms with Crippen LogP contribution >= 0.6 is 0 Å². The third kappa shape index (κ3) is 3.72. The molecule has 12 heavy (non-hydrogen) atoms. The Kier molecular flexibility index (Phi) is 4.08. The number of aliphatic imine (C=N–C) groups is 1. The molecular formula is C9H19N3. The first-order valence-electron chi connectivity index (χ1n) is 4.82. The quantitative estimate of drug-likeness (QED) is 0.645. The summed E-state index contributed by atoms with van der Waals surface area (Å²) in [5, 5.41) is 3.29. The van der Waals surface area contributed by atoms with Crippen molar-refractivity contribution in [3.63, 3.8) is 0 Å². The normalized spacial score (nSPS) is 21.0. The van der Waals surface area contributed by atoms with Gasteiger partial charge in [0.25, 0.3) is 0 Å². The van der Waals surface area contributed by atoms with Crippen LogP contribution in [0.1, 0.15) is 32.6 Å². The van der Waals surface area contributed by atoms with E-state index in [1.807, 2.05) is 6.92 Å². The maximum Gasteiger partial charge on any atom is 0.0963 e. The average Bonchev–Trinajstić information content (AvgIpc) is 2.28. The summed E-state index contributed by atoms with van der Waals surface area (Å²) in [7, 11) is 0. The molecule has 0 aliphatic carbocycles. The van der Waals surface area contributed by atoms with Crippen molar-refractivity contribution in [3.05, 3.63) is 0 Å². The zero-order valence-corrected chi connectivity index (χ0v) is 7.84. The van der Waals surface area contributed by atoms with Crippen molar-refractivity contribution in [1.29, 1.82) is 0 Å². The molecule has 70 valence electrons. The molecule has 1 heterocycles. The Balaban J connectivity index is 2.24. The molecule has 1 unspecified atom stereocenters. The van der Waals surface area contributed by atoms with Crippen molar-refractivity contribution in [3.8, 4) is 0 Å². The lowest BCUT2D eigenvalue weighted by Gasteiger charge is -2.09. The number of rotatable bonds is 2. The summed E-state index contributed by atoms with van der Waals surface area (Å²) in [6.45, 7) is 3.84. The van der Waals surface area contributed by atoms with Gasteiger partial charge in [-0.25, -0.2) is 0 Å². The van der Waals surface area contributed by atoms with Crippen LogP contribution in [0.15, 0.2) is 4.99 Å². The van der Waals surface area contributed by atoms with Gasteiger partial charge in [0.2, 0.25) is 0 Å². The van der Waals surface area contributed by atoms with E-state index >= 15 is 0 Å². The molecule has 1 aliphatic rings. The molecule has 0 spiro atoms. The van der Waals surface area contributed by atoms with Crippen LogP contribution in [-0.2, 0) is 0 Å². The highest BCUT2D eigenvalue weighted by atomic mass is 15.0. The second kappa shape index (κ2) is 5.14. The largest absolute Gasteiger partial charge is 0.372 e. The smallest absolute Gasteiger partial charge is 0.0963 e. The molecule has 0 bridgehead atoms. The van der Waals surface area contributed by atoms with Gasteiger partial charge in [-0.1, -0.05) is 6.42 Å². The summed E-state index contributed by atoms with van der Waals surface area (Å²) in [6.07, 6.45) is 4.92. The fourth-order valence-electron chi connectivity index (χ4n) is 1.30. The molecule has 0 fully saturated rings. The Morgan fingerprint density at radius 3 is 3.08 bits per heavy atom. The van der Waals surface area contributed by atoms with Crippen LogP contribution in [0, 0.1) is 0 Å². The van der Waals surface area contributed by atoms with Crippen LogP contribution in [0.3, 0.4) is 0 Å². The molecular weight excluding hydrogens is 150 g/mol. The zero-order valence-electron chi connectivity index (χ0n) is 7.84. The lowest BCUT2D eigenvalue weighted by molar-refractivity contribution is 0.691. The Morgan fingerprint density at radius 1 is 1.50 bits per heavy atom. The standard InChI is InChI=1S/C9H19N3/c1-8(10)7-12-9-5-3-2-4-6-11-9/h8H,2-7,10H2,1H3,(H,11,12). The van der Waals surface area contributed by atoms with E-state index in [0.717, 1.165) is 25.3 Å². The summed E-state index contributed by atoms with van der Waals surface area (Å²) < 4.78 is 0. The van der Waals surface area contributed by atoms with Crippen molar-refractivity contribution in [1.82, 2.24) is 5.32 Å². The number of hydrogen-bond donors (Lipinski definition) is 2. The Labute approximate surface area is 74.4 Å². The van der Waals surface area contributed by atoms with Gasteiger partial charge in [0.15, 0.2) is 0 Å². The minimum Gasteiger partial charge on any atom is -0.372 e. The van der Waals surface area contributed by atoms with E-state index in [0.29, 0.717) is 0 Å². The van der Waals surface area contributed by atoms with Crippen molar-refractivity contribution in [2.75, 3.05) is 13.1 Å². The van der Waals surface area contributed by atoms with Crippen molar-refractivity contribution in [2.45, 2.75) is 38.6 Å². The maximum atomic E-state index is 5.63. The van der Waals surface area contributed by atoms with Crippen molar-refractivity contribution in [2.24, 2.45) is 10.7 Å². The SMILES string of the molecule is CC(N)CNC1=NCCCCC1. The fourth-order valence-corrected chi connectivity index (χ4v) is 1.30. The Hall–Kier alpha value is -0.570. The summed E-state index contributed by atoms with van der Waals surface area (Å²) in [5.41, 5.74) is 5.63. The zero-order chi connectivity index (χ0) is 8.81. The van der Waals surface area contributed by atoms with Gasteiger partial charge in [0.1, 0.15) is 0 Å². The van der Waals surface area contributed by atoms with E-state index in [9.17, 15) is 0 Å². The van der Waals surface area contributed by atoms with Crippen molar-refractivity contribution < 1.29 is 0 Å². The summed E-state index contributed by atoms with van der Waals surface area (Å²) in [6, 6.07) is 0.218. The molecule has 1 rings (SSSR count). The second-order valence-corrected chi connectivity index (χ2v) is 3.50. The number of nitrogens with two attached hydrogens (primary N) is 1. The van der Waals surface area contributed by atoms with Crippen molar-refractivity contribution >= 4 is 5.84 Å². The van der Waals surface area contributed by atoms with Gasteiger partial charge in [-0.2, -0.15) is 0 Å². The van der Waals surface area contributed by atoms with E-state index in [1.165, 1.54) is 19.3 Å². The molecule has 3 heteroatoms. The second-order valence-electron chi connectivity index (χ2n) is 3.50. The van der Waals surface area contributed by atoms with Crippen LogP contribution < -0.4 is 11.1 Å². The fraction of sp³-hybridized carbons (Fsp3) is 0.889. The third-order valence-electron chi connectivity index (χ3n) is 2.00. The Morgan fingerprint density at radius 2 is 2.33 bits per heavy atom. The highest BCUT2D eigenvalue weighted by Crippen LogP contribution is 2.05. The molecule has 0 aromatic carbocycles. The van der Waals surface area contributed by atoms with Gasteiger partial charge >= 0.3 is 0 Å². The number of nitrogens with one attached hydrogen (secondary N) is 1. The lowest BCUT2D eigenvalue weighted by atomic mass is 10.2. The van der Waals surface area contributed by atoms with E-state index in [-0.39, 0.29) is 6.04 Å². The van der Waals surface area contributed by atoms with Gasteiger partial charge in [0.05, 0.1) is 5.84 Å². The van der Waals surface area contributed by atoms with Crippen LogP contribution in [0.4, 0.5) is 0 Å². The van der Waals surface area contributed by atoms with Gasteiger partial charge < -0.3 is 11.1 Å². The van der Waals surface area contributed by atoms with E-state index in [2.05, 4.69) is 10.3 Å². The molecule has 3 nitrogen and oxygen atoms in total. The van der Waals surface area contributed by atoms with Crippen LogP contribution in [0.5, 0.6) is 0 Å². The number of nitrogens with zero attached hydrogens (tertiary/aromatic N) is 1. The molecule has 1 atom stereocenters. The third-order valence-corrected chi connectivity index (χ3v) is 2.00. The van der Waals surface area contributed by atoms with E-state index < -0.39 is 0 Å². The highest BCUT2D eigenvalue weighted by molar-refractivity contribution is 5.82. The van der Waals surface area contributed by atoms with Crippen LogP contribution in [-0.4, -0.2) is 25.0 Å². The summed E-state index contributed by atoms with van der Waals surface area (Å²) >= 11 is 0. The lowest BCUT2D eigenvalue weighted by Crippen LogP contribution is -2.35. The van der Waals surface area contributed by atoms with Gasteiger partial charge in [-0.05, 0) is 19.8 Å².